The van der Waals surface area contributed by atoms with Crippen LogP contribution in [-0.2, 0) is 6.42 Å². The van der Waals surface area contributed by atoms with E-state index < -0.39 is 0 Å². The second-order valence-electron chi connectivity index (χ2n) is 4.08. The highest BCUT2D eigenvalue weighted by Gasteiger charge is 2.28. The van der Waals surface area contributed by atoms with Crippen LogP contribution >= 0.6 is 0 Å². The second-order valence-corrected chi connectivity index (χ2v) is 4.08. The molecule has 3 nitrogen and oxygen atoms in total. The molecule has 1 saturated heterocycles. The summed E-state index contributed by atoms with van der Waals surface area (Å²) in [5, 5.41) is 3.46. The highest BCUT2D eigenvalue weighted by molar-refractivity contribution is 5.30. The Hall–Kier alpha value is -0.930. The summed E-state index contributed by atoms with van der Waals surface area (Å²) in [7, 11) is 0. The van der Waals surface area contributed by atoms with Crippen LogP contribution in [0.2, 0.25) is 0 Å². The Labute approximate surface area is 84.1 Å². The van der Waals surface area contributed by atoms with Crippen molar-refractivity contribution in [2.75, 3.05) is 26.2 Å². The summed E-state index contributed by atoms with van der Waals surface area (Å²) in [5.41, 5.74) is 2.93. The molecule has 0 amide bonds. The third-order valence-electron chi connectivity index (χ3n) is 3.32. The van der Waals surface area contributed by atoms with Crippen LogP contribution < -0.4 is 5.32 Å². The molecule has 0 spiro atoms. The highest BCUT2D eigenvalue weighted by Crippen LogP contribution is 2.29. The first-order chi connectivity index (χ1) is 6.95. The summed E-state index contributed by atoms with van der Waals surface area (Å²) >= 11 is 0. The molecule has 14 heavy (non-hydrogen) atoms. The molecular weight excluding hydrogens is 174 g/mol. The molecular formula is C11H15N3. The quantitative estimate of drug-likeness (QED) is 0.647. The lowest BCUT2D eigenvalue weighted by Crippen LogP contribution is -2.48. The minimum absolute atomic E-state index is 0.593. The van der Waals surface area contributed by atoms with Gasteiger partial charge >= 0.3 is 0 Å². The summed E-state index contributed by atoms with van der Waals surface area (Å²) in [5.74, 6) is 0. The zero-order valence-electron chi connectivity index (χ0n) is 8.24. The van der Waals surface area contributed by atoms with Crippen LogP contribution in [0, 0.1) is 0 Å². The van der Waals surface area contributed by atoms with Crippen molar-refractivity contribution in [3.05, 3.63) is 29.6 Å². The molecule has 1 aromatic heterocycles. The maximum absolute atomic E-state index is 4.20. The molecule has 3 rings (SSSR count). The lowest BCUT2D eigenvalue weighted by molar-refractivity contribution is 0.151. The fourth-order valence-corrected chi connectivity index (χ4v) is 2.56. The smallest absolute Gasteiger partial charge is 0.0477 e. The van der Waals surface area contributed by atoms with Crippen LogP contribution in [0.25, 0.3) is 0 Å². The highest BCUT2D eigenvalue weighted by atomic mass is 15.2. The van der Waals surface area contributed by atoms with Crippen molar-refractivity contribution in [2.45, 2.75) is 12.5 Å². The molecule has 1 atom stereocenters. The average molecular weight is 189 g/mol. The van der Waals surface area contributed by atoms with Gasteiger partial charge in [0.15, 0.2) is 0 Å². The minimum Gasteiger partial charge on any atom is -0.314 e. The molecule has 0 aliphatic carbocycles. The summed E-state index contributed by atoms with van der Waals surface area (Å²) < 4.78 is 0. The van der Waals surface area contributed by atoms with Gasteiger partial charge in [0, 0.05) is 44.6 Å². The van der Waals surface area contributed by atoms with Crippen molar-refractivity contribution >= 4 is 0 Å². The largest absolute Gasteiger partial charge is 0.314 e. The van der Waals surface area contributed by atoms with E-state index in [0.29, 0.717) is 6.04 Å². The molecule has 1 fully saturated rings. The Morgan fingerprint density at radius 1 is 1.43 bits per heavy atom. The lowest BCUT2D eigenvalue weighted by Gasteiger charge is -2.40. The molecule has 2 aliphatic heterocycles. The van der Waals surface area contributed by atoms with Gasteiger partial charge in [-0.25, -0.2) is 0 Å². The molecule has 1 unspecified atom stereocenters. The standard InChI is InChI=1S/C11H15N3/c1-3-12-7-9-2-5-14-6-4-13-8-11(14)10(1)9/h1,3,7,11,13H,2,4-6,8H2. The van der Waals surface area contributed by atoms with E-state index in [4.69, 9.17) is 0 Å². The average Bonchev–Trinajstić information content (AvgIpc) is 2.29. The normalized spacial score (nSPS) is 26.7. The molecule has 1 N–H and O–H groups in total. The Morgan fingerprint density at radius 3 is 3.43 bits per heavy atom. The van der Waals surface area contributed by atoms with Crippen molar-refractivity contribution in [3.63, 3.8) is 0 Å². The summed E-state index contributed by atoms with van der Waals surface area (Å²) in [6, 6.07) is 2.77. The number of fused-ring (bicyclic) bond motifs is 3. The Balaban J connectivity index is 1.99. The van der Waals surface area contributed by atoms with Crippen molar-refractivity contribution in [2.24, 2.45) is 0 Å². The zero-order chi connectivity index (χ0) is 9.38. The third-order valence-corrected chi connectivity index (χ3v) is 3.32. The predicted molar refractivity (Wildman–Crippen MR) is 55.1 cm³/mol. The van der Waals surface area contributed by atoms with Gasteiger partial charge in [0.2, 0.25) is 0 Å². The maximum atomic E-state index is 4.20. The van der Waals surface area contributed by atoms with Gasteiger partial charge in [0.1, 0.15) is 0 Å². The lowest BCUT2D eigenvalue weighted by atomic mass is 9.93. The van der Waals surface area contributed by atoms with Crippen LogP contribution in [0.15, 0.2) is 18.5 Å². The van der Waals surface area contributed by atoms with E-state index in [1.807, 2.05) is 12.4 Å². The van der Waals surface area contributed by atoms with Crippen molar-refractivity contribution in [1.82, 2.24) is 15.2 Å². The first kappa shape index (κ1) is 8.38. The van der Waals surface area contributed by atoms with Gasteiger partial charge < -0.3 is 5.32 Å². The van der Waals surface area contributed by atoms with Gasteiger partial charge in [-0.3, -0.25) is 9.88 Å². The number of piperazine rings is 1. The molecule has 0 saturated carbocycles. The van der Waals surface area contributed by atoms with Crippen LogP contribution in [-0.4, -0.2) is 36.1 Å². The van der Waals surface area contributed by atoms with E-state index >= 15 is 0 Å². The van der Waals surface area contributed by atoms with E-state index in [1.165, 1.54) is 30.6 Å². The SMILES string of the molecule is c1cc2c(cn1)CCN1CCNCC21. The van der Waals surface area contributed by atoms with Gasteiger partial charge in [-0.2, -0.15) is 0 Å². The fourth-order valence-electron chi connectivity index (χ4n) is 2.56. The Morgan fingerprint density at radius 2 is 2.43 bits per heavy atom. The molecule has 0 bridgehead atoms. The minimum atomic E-state index is 0.593. The van der Waals surface area contributed by atoms with E-state index in [2.05, 4.69) is 21.3 Å². The van der Waals surface area contributed by atoms with Crippen LogP contribution in [0.3, 0.4) is 0 Å². The molecule has 1 aromatic rings. The number of rotatable bonds is 0. The van der Waals surface area contributed by atoms with E-state index in [-0.39, 0.29) is 0 Å². The van der Waals surface area contributed by atoms with Crippen molar-refractivity contribution in [1.29, 1.82) is 0 Å². The van der Waals surface area contributed by atoms with Gasteiger partial charge in [0.25, 0.3) is 0 Å². The molecule has 0 radical (unpaired) electrons. The molecule has 3 heterocycles. The summed E-state index contributed by atoms with van der Waals surface area (Å²) in [6.45, 7) is 4.62. The number of nitrogens with one attached hydrogen (secondary N) is 1. The predicted octanol–water partition coefficient (Wildman–Crippen LogP) is 0.584. The van der Waals surface area contributed by atoms with E-state index in [0.717, 1.165) is 13.1 Å². The fraction of sp³-hybridized carbons (Fsp3) is 0.545. The van der Waals surface area contributed by atoms with Crippen LogP contribution in [0.1, 0.15) is 17.2 Å². The topological polar surface area (TPSA) is 28.2 Å². The van der Waals surface area contributed by atoms with Gasteiger partial charge in [-0.15, -0.1) is 0 Å². The first-order valence-electron chi connectivity index (χ1n) is 5.33. The van der Waals surface area contributed by atoms with Gasteiger partial charge in [-0.1, -0.05) is 0 Å². The van der Waals surface area contributed by atoms with Crippen LogP contribution in [0.4, 0.5) is 0 Å². The van der Waals surface area contributed by atoms with E-state index in [1.54, 1.807) is 0 Å². The molecule has 3 heteroatoms. The zero-order valence-corrected chi connectivity index (χ0v) is 8.24. The number of nitrogens with zero attached hydrogens (tertiary/aromatic N) is 2. The second kappa shape index (κ2) is 3.33. The Kier molecular flexibility index (Phi) is 2.00. The van der Waals surface area contributed by atoms with Crippen LogP contribution in [0.5, 0.6) is 0 Å². The summed E-state index contributed by atoms with van der Waals surface area (Å²) in [4.78, 5) is 6.78. The van der Waals surface area contributed by atoms with Gasteiger partial charge in [0.05, 0.1) is 0 Å². The summed E-state index contributed by atoms with van der Waals surface area (Å²) in [6.07, 6.45) is 5.11. The first-order valence-corrected chi connectivity index (χ1v) is 5.33. The number of pyridine rings is 1. The molecule has 2 aliphatic rings. The number of hydrogen-bond donors (Lipinski definition) is 1. The molecule has 74 valence electrons. The third kappa shape index (κ3) is 1.24. The number of hydrogen-bond acceptors (Lipinski definition) is 3. The maximum Gasteiger partial charge on any atom is 0.0477 e. The van der Waals surface area contributed by atoms with Gasteiger partial charge in [-0.05, 0) is 23.6 Å². The number of aromatic nitrogens is 1. The van der Waals surface area contributed by atoms with E-state index in [9.17, 15) is 0 Å². The molecule has 0 aromatic carbocycles. The Bertz CT molecular complexity index is 337. The van der Waals surface area contributed by atoms with Crippen molar-refractivity contribution < 1.29 is 0 Å². The van der Waals surface area contributed by atoms with Crippen molar-refractivity contribution in [3.8, 4) is 0 Å². The monoisotopic (exact) mass is 189 g/mol.